The number of nitrogens with one attached hydrogen (secondary N) is 2. The smallest absolute Gasteiger partial charge is 0.187 e. The lowest BCUT2D eigenvalue weighted by atomic mass is 10.2. The maximum Gasteiger partial charge on any atom is 0.187 e. The third kappa shape index (κ3) is 4.28. The number of rotatable bonds is 4. The van der Waals surface area contributed by atoms with Gasteiger partial charge in [-0.3, -0.25) is 5.43 Å². The molecule has 0 atom stereocenters. The fraction of sp³-hybridized carbons (Fsp3) is 0.0909. The Morgan fingerprint density at radius 1 is 1.41 bits per heavy atom. The van der Waals surface area contributed by atoms with Crippen LogP contribution in [0.15, 0.2) is 36.0 Å². The van der Waals surface area contributed by atoms with Gasteiger partial charge >= 0.3 is 0 Å². The maximum atomic E-state index is 13.2. The van der Waals surface area contributed by atoms with E-state index < -0.39 is 11.6 Å². The van der Waals surface area contributed by atoms with Crippen LogP contribution in [0.4, 0.5) is 8.78 Å². The average Bonchev–Trinajstić information content (AvgIpc) is 2.30. The molecule has 0 radical (unpaired) electrons. The van der Waals surface area contributed by atoms with Crippen LogP contribution in [-0.4, -0.2) is 17.9 Å². The summed E-state index contributed by atoms with van der Waals surface area (Å²) in [7, 11) is 0. The van der Waals surface area contributed by atoms with E-state index in [-0.39, 0.29) is 10.7 Å². The fourth-order valence-electron chi connectivity index (χ4n) is 0.994. The summed E-state index contributed by atoms with van der Waals surface area (Å²) in [5.41, 5.74) is 2.21. The minimum absolute atomic E-state index is 0.216. The normalized spacial score (nSPS) is 10.2. The van der Waals surface area contributed by atoms with Crippen LogP contribution < -0.4 is 10.7 Å². The van der Waals surface area contributed by atoms with Gasteiger partial charge < -0.3 is 5.32 Å². The second kappa shape index (κ2) is 6.70. The maximum absolute atomic E-state index is 13.2. The minimum Gasteiger partial charge on any atom is -0.358 e. The monoisotopic (exact) mass is 255 g/mol. The van der Waals surface area contributed by atoms with E-state index in [0.29, 0.717) is 6.54 Å². The van der Waals surface area contributed by atoms with E-state index in [1.807, 2.05) is 0 Å². The minimum atomic E-state index is -0.680. The molecule has 1 aromatic rings. The Morgan fingerprint density at radius 3 is 2.65 bits per heavy atom. The van der Waals surface area contributed by atoms with E-state index in [2.05, 4.69) is 22.4 Å². The van der Waals surface area contributed by atoms with Gasteiger partial charge in [0.05, 0.1) is 11.8 Å². The van der Waals surface area contributed by atoms with Crippen LogP contribution in [-0.2, 0) is 0 Å². The highest BCUT2D eigenvalue weighted by Crippen LogP contribution is 2.08. The Labute approximate surface area is 103 Å². The second-order valence-corrected chi connectivity index (χ2v) is 3.41. The van der Waals surface area contributed by atoms with Gasteiger partial charge in [-0.25, -0.2) is 8.78 Å². The van der Waals surface area contributed by atoms with Crippen molar-refractivity contribution in [3.63, 3.8) is 0 Å². The number of halogens is 2. The Kier molecular flexibility index (Phi) is 5.22. The first-order chi connectivity index (χ1) is 8.15. The first-order valence-electron chi connectivity index (χ1n) is 4.77. The highest BCUT2D eigenvalue weighted by atomic mass is 32.1. The van der Waals surface area contributed by atoms with E-state index in [1.165, 1.54) is 6.07 Å². The molecule has 2 N–H and O–H groups in total. The van der Waals surface area contributed by atoms with Crippen molar-refractivity contribution in [3.05, 3.63) is 48.1 Å². The van der Waals surface area contributed by atoms with Gasteiger partial charge in [0, 0.05) is 6.54 Å². The highest BCUT2D eigenvalue weighted by Gasteiger charge is 2.04. The molecular weight excluding hydrogens is 244 g/mol. The summed E-state index contributed by atoms with van der Waals surface area (Å²) in [5, 5.41) is 6.62. The SMILES string of the molecule is C=CCNC(=S)NN=Cc1c(F)cccc1F. The third-order valence-electron chi connectivity index (χ3n) is 1.77. The molecule has 17 heavy (non-hydrogen) atoms. The molecule has 0 aliphatic heterocycles. The molecule has 0 aliphatic rings. The molecule has 0 saturated carbocycles. The lowest BCUT2D eigenvalue weighted by molar-refractivity contribution is 0.580. The van der Waals surface area contributed by atoms with Gasteiger partial charge in [0.25, 0.3) is 0 Å². The summed E-state index contributed by atoms with van der Waals surface area (Å²) in [6.45, 7) is 3.98. The fourth-order valence-corrected chi connectivity index (χ4v) is 1.13. The molecule has 0 heterocycles. The third-order valence-corrected chi connectivity index (χ3v) is 2.00. The molecule has 0 aliphatic carbocycles. The van der Waals surface area contributed by atoms with Crippen LogP contribution in [0, 0.1) is 11.6 Å². The number of hydrogen-bond donors (Lipinski definition) is 2. The van der Waals surface area contributed by atoms with Crippen molar-refractivity contribution in [1.29, 1.82) is 0 Å². The lowest BCUT2D eigenvalue weighted by Gasteiger charge is -2.03. The molecule has 6 heteroatoms. The zero-order valence-electron chi connectivity index (χ0n) is 8.91. The molecule has 0 aromatic heterocycles. The van der Waals surface area contributed by atoms with Crippen molar-refractivity contribution in [2.75, 3.05) is 6.54 Å². The van der Waals surface area contributed by atoms with E-state index in [9.17, 15) is 8.78 Å². The predicted octanol–water partition coefficient (Wildman–Crippen LogP) is 1.95. The lowest BCUT2D eigenvalue weighted by Crippen LogP contribution is -2.31. The van der Waals surface area contributed by atoms with E-state index in [4.69, 9.17) is 12.2 Å². The number of thiocarbonyl (C=S) groups is 1. The first-order valence-corrected chi connectivity index (χ1v) is 5.17. The van der Waals surface area contributed by atoms with Gasteiger partial charge in [-0.15, -0.1) is 6.58 Å². The van der Waals surface area contributed by atoms with Crippen LogP contribution in [0.5, 0.6) is 0 Å². The molecule has 3 nitrogen and oxygen atoms in total. The molecule has 0 spiro atoms. The number of hydrogen-bond acceptors (Lipinski definition) is 2. The molecule has 0 bridgehead atoms. The largest absolute Gasteiger partial charge is 0.358 e. The Morgan fingerprint density at radius 2 is 2.06 bits per heavy atom. The Balaban J connectivity index is 2.59. The Bertz CT molecular complexity index is 426. The van der Waals surface area contributed by atoms with Crippen molar-refractivity contribution in [2.45, 2.75) is 0 Å². The van der Waals surface area contributed by atoms with Crippen LogP contribution in [0.25, 0.3) is 0 Å². The van der Waals surface area contributed by atoms with Crippen LogP contribution in [0.3, 0.4) is 0 Å². The molecule has 0 fully saturated rings. The van der Waals surface area contributed by atoms with Gasteiger partial charge in [0.1, 0.15) is 11.6 Å². The van der Waals surface area contributed by atoms with Gasteiger partial charge in [-0.1, -0.05) is 12.1 Å². The molecule has 0 amide bonds. The second-order valence-electron chi connectivity index (χ2n) is 3.00. The van der Waals surface area contributed by atoms with Crippen LogP contribution >= 0.6 is 12.2 Å². The zero-order valence-corrected chi connectivity index (χ0v) is 9.73. The van der Waals surface area contributed by atoms with Crippen molar-refractivity contribution >= 4 is 23.5 Å². The van der Waals surface area contributed by atoms with E-state index >= 15 is 0 Å². The summed E-state index contributed by atoms with van der Waals surface area (Å²) >= 11 is 4.83. The van der Waals surface area contributed by atoms with Gasteiger partial charge in [0.15, 0.2) is 5.11 Å². The molecule has 1 aromatic carbocycles. The summed E-state index contributed by atoms with van der Waals surface area (Å²) in [5.74, 6) is -1.36. The standard InChI is InChI=1S/C11H11F2N3S/c1-2-6-14-11(17)16-15-7-8-9(12)4-3-5-10(8)13/h2-5,7H,1,6H2,(H2,14,16,17). The summed E-state index contributed by atoms with van der Waals surface area (Å²) in [4.78, 5) is 0. The van der Waals surface area contributed by atoms with Gasteiger partial charge in [-0.05, 0) is 24.4 Å². The molecule has 0 unspecified atom stereocenters. The summed E-state index contributed by atoms with van der Waals surface area (Å²) in [6, 6.07) is 3.59. The molecular formula is C11H11F2N3S. The van der Waals surface area contributed by atoms with Gasteiger partial charge in [-0.2, -0.15) is 5.10 Å². The number of benzene rings is 1. The van der Waals surface area contributed by atoms with E-state index in [0.717, 1.165) is 18.3 Å². The van der Waals surface area contributed by atoms with Crippen molar-refractivity contribution in [2.24, 2.45) is 5.10 Å². The number of nitrogens with zero attached hydrogens (tertiary/aromatic N) is 1. The predicted molar refractivity (Wildman–Crippen MR) is 67.9 cm³/mol. The highest BCUT2D eigenvalue weighted by molar-refractivity contribution is 7.80. The van der Waals surface area contributed by atoms with Gasteiger partial charge in [0.2, 0.25) is 0 Å². The first kappa shape index (κ1) is 13.2. The summed E-state index contributed by atoms with van der Waals surface area (Å²) in [6.07, 6.45) is 2.65. The van der Waals surface area contributed by atoms with Crippen LogP contribution in [0.2, 0.25) is 0 Å². The average molecular weight is 255 g/mol. The quantitative estimate of drug-likeness (QED) is 0.374. The summed E-state index contributed by atoms with van der Waals surface area (Å²) < 4.78 is 26.3. The van der Waals surface area contributed by atoms with Crippen LogP contribution in [0.1, 0.15) is 5.56 Å². The number of hydrazone groups is 1. The Hall–Kier alpha value is -1.82. The van der Waals surface area contributed by atoms with Crippen molar-refractivity contribution < 1.29 is 8.78 Å². The topological polar surface area (TPSA) is 36.4 Å². The van der Waals surface area contributed by atoms with Crippen molar-refractivity contribution in [3.8, 4) is 0 Å². The molecule has 1 rings (SSSR count). The van der Waals surface area contributed by atoms with Crippen molar-refractivity contribution in [1.82, 2.24) is 10.7 Å². The molecule has 0 saturated heterocycles. The van der Waals surface area contributed by atoms with E-state index in [1.54, 1.807) is 6.08 Å². The molecule has 90 valence electrons. The zero-order chi connectivity index (χ0) is 12.7.